The van der Waals surface area contributed by atoms with Crippen molar-refractivity contribution in [3.05, 3.63) is 22.4 Å². The van der Waals surface area contributed by atoms with Crippen molar-refractivity contribution >= 4 is 23.3 Å². The van der Waals surface area contributed by atoms with Gasteiger partial charge in [0, 0.05) is 11.4 Å². The van der Waals surface area contributed by atoms with Crippen LogP contribution in [0.2, 0.25) is 0 Å². The zero-order valence-electron chi connectivity index (χ0n) is 9.05. The molecule has 4 N–H and O–H groups in total. The Morgan fingerprint density at radius 2 is 2.18 bits per heavy atom. The van der Waals surface area contributed by atoms with Gasteiger partial charge in [0.05, 0.1) is 6.54 Å². The molecule has 2 amide bonds. The average Bonchev–Trinajstić information content (AvgIpc) is 2.78. The smallest absolute Gasteiger partial charge is 0.334 e. The van der Waals surface area contributed by atoms with Gasteiger partial charge in [0.1, 0.15) is 0 Å². The highest BCUT2D eigenvalue weighted by Gasteiger charge is 2.13. The van der Waals surface area contributed by atoms with Crippen LogP contribution in [0.5, 0.6) is 0 Å². The Labute approximate surface area is 102 Å². The number of thiophene rings is 1. The molecule has 0 bridgehead atoms. The van der Waals surface area contributed by atoms with E-state index in [1.54, 1.807) is 11.3 Å². The highest BCUT2D eigenvalue weighted by molar-refractivity contribution is 7.09. The van der Waals surface area contributed by atoms with Gasteiger partial charge in [-0.2, -0.15) is 0 Å². The molecule has 0 aliphatic rings. The van der Waals surface area contributed by atoms with Gasteiger partial charge in [-0.05, 0) is 17.9 Å². The zero-order chi connectivity index (χ0) is 12.7. The maximum Gasteiger partial charge on any atom is 0.334 e. The Balaban J connectivity index is 2.11. The molecular formula is C10H14N2O4S. The normalized spacial score (nSPS) is 11.8. The molecule has 1 aromatic heterocycles. The van der Waals surface area contributed by atoms with E-state index in [0.717, 1.165) is 11.3 Å². The van der Waals surface area contributed by atoms with Crippen LogP contribution in [0.15, 0.2) is 17.5 Å². The molecule has 0 radical (unpaired) electrons. The summed E-state index contributed by atoms with van der Waals surface area (Å²) in [6.07, 6.45) is -0.843. The first-order valence-electron chi connectivity index (χ1n) is 5.04. The van der Waals surface area contributed by atoms with Crippen molar-refractivity contribution in [1.29, 1.82) is 0 Å². The summed E-state index contributed by atoms with van der Waals surface area (Å²) < 4.78 is 0. The second kappa shape index (κ2) is 6.87. The van der Waals surface area contributed by atoms with Gasteiger partial charge in [-0.1, -0.05) is 6.07 Å². The first-order valence-corrected chi connectivity index (χ1v) is 5.92. The fraction of sp³-hybridized carbons (Fsp3) is 0.400. The van der Waals surface area contributed by atoms with Crippen LogP contribution in [0.25, 0.3) is 0 Å². The summed E-state index contributed by atoms with van der Waals surface area (Å²) in [6.45, 7) is 0.162. The summed E-state index contributed by atoms with van der Waals surface area (Å²) in [7, 11) is 0. The molecule has 0 saturated carbocycles. The largest absolute Gasteiger partial charge is 0.479 e. The number of nitrogens with one attached hydrogen (secondary N) is 2. The summed E-state index contributed by atoms with van der Waals surface area (Å²) in [4.78, 5) is 22.6. The number of hydrogen-bond donors (Lipinski definition) is 4. The number of carbonyl (C=O) groups is 2. The maximum absolute atomic E-state index is 11.2. The molecule has 0 spiro atoms. The molecular weight excluding hydrogens is 244 g/mol. The SMILES string of the molecule is O=C(NCCc1cccs1)NCC(O)C(=O)O. The highest BCUT2D eigenvalue weighted by atomic mass is 32.1. The Morgan fingerprint density at radius 1 is 1.41 bits per heavy atom. The number of rotatable bonds is 6. The molecule has 0 aliphatic carbocycles. The van der Waals surface area contributed by atoms with E-state index in [1.165, 1.54) is 0 Å². The molecule has 1 aromatic rings. The Bertz CT molecular complexity index is 366. The van der Waals surface area contributed by atoms with E-state index in [4.69, 9.17) is 10.2 Å². The van der Waals surface area contributed by atoms with Gasteiger partial charge < -0.3 is 20.8 Å². The van der Waals surface area contributed by atoms with Crippen molar-refractivity contribution in [2.75, 3.05) is 13.1 Å². The van der Waals surface area contributed by atoms with E-state index < -0.39 is 18.1 Å². The predicted molar refractivity (Wildman–Crippen MR) is 63.1 cm³/mol. The number of carboxylic acid groups (broad SMARTS) is 1. The molecule has 6 nitrogen and oxygen atoms in total. The average molecular weight is 258 g/mol. The number of aliphatic hydroxyl groups is 1. The lowest BCUT2D eigenvalue weighted by Crippen LogP contribution is -2.42. The minimum atomic E-state index is -1.57. The molecule has 7 heteroatoms. The van der Waals surface area contributed by atoms with Crippen LogP contribution in [0.4, 0.5) is 4.79 Å². The molecule has 0 aliphatic heterocycles. The van der Waals surface area contributed by atoms with Crippen LogP contribution in [0.1, 0.15) is 4.88 Å². The van der Waals surface area contributed by atoms with Crippen molar-refractivity contribution in [3.8, 4) is 0 Å². The fourth-order valence-electron chi connectivity index (χ4n) is 1.09. The number of aliphatic carboxylic acids is 1. The van der Waals surface area contributed by atoms with Gasteiger partial charge in [-0.3, -0.25) is 0 Å². The van der Waals surface area contributed by atoms with E-state index in [0.29, 0.717) is 6.54 Å². The third-order valence-electron chi connectivity index (χ3n) is 1.98. The van der Waals surface area contributed by atoms with E-state index >= 15 is 0 Å². The summed E-state index contributed by atoms with van der Waals surface area (Å²) in [6, 6.07) is 3.42. The van der Waals surface area contributed by atoms with Crippen LogP contribution in [0, 0.1) is 0 Å². The monoisotopic (exact) mass is 258 g/mol. The van der Waals surface area contributed by atoms with Gasteiger partial charge in [-0.25, -0.2) is 9.59 Å². The molecule has 1 atom stereocenters. The number of carboxylic acids is 1. The van der Waals surface area contributed by atoms with E-state index in [2.05, 4.69) is 10.6 Å². The quantitative estimate of drug-likeness (QED) is 0.579. The lowest BCUT2D eigenvalue weighted by Gasteiger charge is -2.08. The van der Waals surface area contributed by atoms with E-state index in [9.17, 15) is 9.59 Å². The number of urea groups is 1. The van der Waals surface area contributed by atoms with Crippen LogP contribution in [-0.4, -0.2) is 41.4 Å². The molecule has 17 heavy (non-hydrogen) atoms. The summed E-state index contributed by atoms with van der Waals surface area (Å²) >= 11 is 1.61. The molecule has 0 saturated heterocycles. The topological polar surface area (TPSA) is 98.7 Å². The first kappa shape index (κ1) is 13.5. The third-order valence-corrected chi connectivity index (χ3v) is 2.91. The Morgan fingerprint density at radius 3 is 2.76 bits per heavy atom. The molecule has 1 unspecified atom stereocenters. The van der Waals surface area contributed by atoms with Gasteiger partial charge in [0.2, 0.25) is 0 Å². The van der Waals surface area contributed by atoms with Crippen molar-refractivity contribution in [2.24, 2.45) is 0 Å². The Kier molecular flexibility index (Phi) is 5.44. The first-order chi connectivity index (χ1) is 8.09. The predicted octanol–water partition coefficient (Wildman–Crippen LogP) is 0.0353. The molecule has 0 aromatic carbocycles. The van der Waals surface area contributed by atoms with Crippen molar-refractivity contribution in [3.63, 3.8) is 0 Å². The molecule has 1 heterocycles. The van der Waals surface area contributed by atoms with Crippen LogP contribution < -0.4 is 10.6 Å². The summed E-state index contributed by atoms with van der Waals surface area (Å²) in [5, 5.41) is 24.1. The standard InChI is InChI=1S/C10H14N2O4S/c13-8(9(14)15)6-12-10(16)11-4-3-7-2-1-5-17-7/h1-2,5,8,13H,3-4,6H2,(H,14,15)(H2,11,12,16). The lowest BCUT2D eigenvalue weighted by molar-refractivity contribution is -0.146. The molecule has 94 valence electrons. The number of aliphatic hydroxyl groups excluding tert-OH is 1. The van der Waals surface area contributed by atoms with Crippen molar-refractivity contribution < 1.29 is 19.8 Å². The number of hydrogen-bond acceptors (Lipinski definition) is 4. The second-order valence-corrected chi connectivity index (χ2v) is 4.35. The lowest BCUT2D eigenvalue weighted by atomic mass is 10.3. The van der Waals surface area contributed by atoms with Gasteiger partial charge >= 0.3 is 12.0 Å². The van der Waals surface area contributed by atoms with E-state index in [1.807, 2.05) is 17.5 Å². The number of carbonyl (C=O) groups excluding carboxylic acids is 1. The van der Waals surface area contributed by atoms with Gasteiger partial charge in [0.25, 0.3) is 0 Å². The van der Waals surface area contributed by atoms with Crippen LogP contribution >= 0.6 is 11.3 Å². The van der Waals surface area contributed by atoms with Crippen molar-refractivity contribution in [2.45, 2.75) is 12.5 Å². The maximum atomic E-state index is 11.2. The van der Waals surface area contributed by atoms with Crippen LogP contribution in [0.3, 0.4) is 0 Å². The zero-order valence-corrected chi connectivity index (χ0v) is 9.87. The van der Waals surface area contributed by atoms with Crippen molar-refractivity contribution in [1.82, 2.24) is 10.6 Å². The molecule has 0 fully saturated rings. The fourth-order valence-corrected chi connectivity index (χ4v) is 1.80. The van der Waals surface area contributed by atoms with Gasteiger partial charge in [0.15, 0.2) is 6.10 Å². The second-order valence-electron chi connectivity index (χ2n) is 3.32. The van der Waals surface area contributed by atoms with Crippen LogP contribution in [-0.2, 0) is 11.2 Å². The summed E-state index contributed by atoms with van der Waals surface area (Å²) in [5.74, 6) is -1.36. The number of amides is 2. The molecule has 1 rings (SSSR count). The third kappa shape index (κ3) is 5.32. The van der Waals surface area contributed by atoms with E-state index in [-0.39, 0.29) is 6.54 Å². The highest BCUT2D eigenvalue weighted by Crippen LogP contribution is 2.07. The van der Waals surface area contributed by atoms with Gasteiger partial charge in [-0.15, -0.1) is 11.3 Å². The Hall–Kier alpha value is -1.60. The minimum absolute atomic E-state index is 0.305. The summed E-state index contributed by atoms with van der Waals surface area (Å²) in [5.41, 5.74) is 0. The minimum Gasteiger partial charge on any atom is -0.479 e.